The molecule has 1 fully saturated rings. The van der Waals surface area contributed by atoms with Crippen LogP contribution < -0.4 is 19.5 Å². The zero-order valence-electron chi connectivity index (χ0n) is 28.0. The van der Waals surface area contributed by atoms with Crippen molar-refractivity contribution in [2.75, 3.05) is 59.3 Å². The highest BCUT2D eigenvalue weighted by atomic mass is 16.5. The molecule has 1 saturated heterocycles. The Morgan fingerprint density at radius 3 is 2.19 bits per heavy atom. The molecule has 1 amide bonds. The van der Waals surface area contributed by atoms with Crippen molar-refractivity contribution in [3.8, 4) is 34.1 Å². The van der Waals surface area contributed by atoms with Crippen molar-refractivity contribution in [2.45, 2.75) is 26.8 Å². The van der Waals surface area contributed by atoms with E-state index < -0.39 is 0 Å². The summed E-state index contributed by atoms with van der Waals surface area (Å²) in [7, 11) is 5.42. The number of aromatic nitrogens is 1. The van der Waals surface area contributed by atoms with E-state index in [1.165, 1.54) is 22.2 Å². The minimum atomic E-state index is -0.261. The first-order valence-electron chi connectivity index (χ1n) is 16.3. The number of piperazine rings is 1. The van der Waals surface area contributed by atoms with Gasteiger partial charge < -0.3 is 33.9 Å². The summed E-state index contributed by atoms with van der Waals surface area (Å²) in [5.74, 6) is 2.27. The maximum Gasteiger partial charge on any atom is 0.255 e. The highest BCUT2D eigenvalue weighted by Crippen LogP contribution is 2.41. The van der Waals surface area contributed by atoms with Crippen LogP contribution >= 0.6 is 0 Å². The Labute approximate surface area is 277 Å². The van der Waals surface area contributed by atoms with Crippen LogP contribution in [0.5, 0.6) is 23.0 Å². The Kier molecular flexibility index (Phi) is 9.80. The number of nitrogens with one attached hydrogen (secondary N) is 1. The number of benzene rings is 4. The van der Waals surface area contributed by atoms with Crippen LogP contribution in [0.25, 0.3) is 22.0 Å². The van der Waals surface area contributed by atoms with Crippen LogP contribution in [0.1, 0.15) is 28.0 Å². The quantitative estimate of drug-likeness (QED) is 0.162. The number of methoxy groups -OCH3 is 2. The molecule has 1 aliphatic heterocycles. The van der Waals surface area contributed by atoms with E-state index in [-0.39, 0.29) is 5.91 Å². The molecule has 5 aromatic rings. The molecule has 0 aliphatic carbocycles. The second-order valence-electron chi connectivity index (χ2n) is 12.2. The Morgan fingerprint density at radius 2 is 1.49 bits per heavy atom. The number of hydrogen-bond acceptors (Lipinski definition) is 6. The fourth-order valence-corrected chi connectivity index (χ4v) is 6.42. The maximum atomic E-state index is 13.4. The average molecular weight is 633 g/mol. The van der Waals surface area contributed by atoms with Crippen LogP contribution in [0, 0.1) is 13.8 Å². The molecule has 0 bridgehead atoms. The molecule has 47 heavy (non-hydrogen) atoms. The van der Waals surface area contributed by atoms with Crippen molar-refractivity contribution in [1.29, 1.82) is 0 Å². The van der Waals surface area contributed by atoms with Gasteiger partial charge in [-0.15, -0.1) is 0 Å². The highest BCUT2D eigenvalue weighted by molar-refractivity contribution is 6.05. The predicted molar refractivity (Wildman–Crippen MR) is 189 cm³/mol. The number of amides is 1. The summed E-state index contributed by atoms with van der Waals surface area (Å²) in [6, 6.07) is 27.0. The summed E-state index contributed by atoms with van der Waals surface area (Å²) in [6.07, 6.45) is 1.12. The molecule has 244 valence electrons. The number of anilines is 1. The topological polar surface area (TPSA) is 68.2 Å². The maximum absolute atomic E-state index is 13.4. The van der Waals surface area contributed by atoms with E-state index in [4.69, 9.17) is 14.2 Å². The van der Waals surface area contributed by atoms with Crippen molar-refractivity contribution >= 4 is 22.5 Å². The van der Waals surface area contributed by atoms with Gasteiger partial charge in [-0.3, -0.25) is 4.79 Å². The molecule has 0 atom stereocenters. The van der Waals surface area contributed by atoms with Crippen LogP contribution in [-0.4, -0.2) is 74.3 Å². The normalized spacial score (nSPS) is 13.9. The zero-order chi connectivity index (χ0) is 32.9. The molecule has 0 saturated carbocycles. The molecule has 1 N–H and O–H groups in total. The Morgan fingerprint density at radius 1 is 0.787 bits per heavy atom. The van der Waals surface area contributed by atoms with E-state index in [2.05, 4.69) is 52.7 Å². The molecule has 4 aromatic carbocycles. The Bertz CT molecular complexity index is 1830. The van der Waals surface area contributed by atoms with Gasteiger partial charge >= 0.3 is 0 Å². The molecule has 1 aromatic heterocycles. The van der Waals surface area contributed by atoms with E-state index >= 15 is 0 Å². The monoisotopic (exact) mass is 632 g/mol. The third kappa shape index (κ3) is 7.14. The second kappa shape index (κ2) is 14.3. The number of aryl methyl sites for hydroxylation is 2. The summed E-state index contributed by atoms with van der Waals surface area (Å²) in [6.45, 7) is 11.1. The summed E-state index contributed by atoms with van der Waals surface area (Å²) < 4.78 is 20.1. The largest absolute Gasteiger partial charge is 0.496 e. The van der Waals surface area contributed by atoms with E-state index in [0.717, 1.165) is 62.6 Å². The molecular weight excluding hydrogens is 588 g/mol. The van der Waals surface area contributed by atoms with Crippen LogP contribution in [0.2, 0.25) is 0 Å². The molecule has 0 radical (unpaired) electrons. The van der Waals surface area contributed by atoms with E-state index in [0.29, 0.717) is 28.5 Å². The fourth-order valence-electron chi connectivity index (χ4n) is 6.42. The smallest absolute Gasteiger partial charge is 0.255 e. The lowest BCUT2D eigenvalue weighted by Crippen LogP contribution is -2.44. The molecule has 8 nitrogen and oxygen atoms in total. The number of likely N-dealkylation sites (N-methyl/N-ethyl adjacent to an activating group) is 1. The zero-order valence-corrected chi connectivity index (χ0v) is 28.0. The van der Waals surface area contributed by atoms with Crippen LogP contribution in [-0.2, 0) is 6.54 Å². The van der Waals surface area contributed by atoms with Gasteiger partial charge in [-0.2, -0.15) is 0 Å². The summed E-state index contributed by atoms with van der Waals surface area (Å²) in [5, 5.41) is 4.19. The van der Waals surface area contributed by atoms with Gasteiger partial charge in [0.15, 0.2) is 0 Å². The Hall–Kier alpha value is -4.79. The number of hydrogen-bond donors (Lipinski definition) is 1. The minimum Gasteiger partial charge on any atom is -0.496 e. The lowest BCUT2D eigenvalue weighted by Gasteiger charge is -2.32. The number of nitrogens with zero attached hydrogens (tertiary/aromatic N) is 3. The van der Waals surface area contributed by atoms with Crippen LogP contribution in [0.4, 0.5) is 5.69 Å². The first-order chi connectivity index (χ1) is 22.8. The second-order valence-corrected chi connectivity index (χ2v) is 12.2. The summed E-state index contributed by atoms with van der Waals surface area (Å²) in [5.41, 5.74) is 6.62. The van der Waals surface area contributed by atoms with Gasteiger partial charge in [0.05, 0.1) is 19.8 Å². The third-order valence-corrected chi connectivity index (χ3v) is 9.22. The Balaban J connectivity index is 1.15. The van der Waals surface area contributed by atoms with E-state index in [1.807, 2.05) is 48.5 Å². The number of fused-ring (bicyclic) bond motifs is 1. The van der Waals surface area contributed by atoms with Crippen LogP contribution in [0.15, 0.2) is 84.9 Å². The third-order valence-electron chi connectivity index (χ3n) is 9.22. The van der Waals surface area contributed by atoms with Gasteiger partial charge in [0, 0.05) is 72.7 Å². The van der Waals surface area contributed by atoms with Crippen LogP contribution in [0.3, 0.4) is 0 Å². The van der Waals surface area contributed by atoms with Gasteiger partial charge in [0.25, 0.3) is 5.91 Å². The highest BCUT2D eigenvalue weighted by Gasteiger charge is 2.18. The van der Waals surface area contributed by atoms with Gasteiger partial charge in [-0.25, -0.2) is 0 Å². The molecular formula is C39H44N4O4. The number of rotatable bonds is 11. The van der Waals surface area contributed by atoms with E-state index in [9.17, 15) is 4.79 Å². The lowest BCUT2D eigenvalue weighted by molar-refractivity contribution is 0.102. The van der Waals surface area contributed by atoms with Crippen molar-refractivity contribution in [2.24, 2.45) is 0 Å². The van der Waals surface area contributed by atoms with Crippen molar-refractivity contribution in [3.05, 3.63) is 102 Å². The molecule has 2 heterocycles. The predicted octanol–water partition coefficient (Wildman–Crippen LogP) is 7.62. The molecule has 6 rings (SSSR count). The van der Waals surface area contributed by atoms with Gasteiger partial charge in [0.1, 0.15) is 23.0 Å². The first-order valence-corrected chi connectivity index (χ1v) is 16.3. The molecule has 8 heteroatoms. The van der Waals surface area contributed by atoms with Gasteiger partial charge in [-0.1, -0.05) is 36.4 Å². The first kappa shape index (κ1) is 32.2. The molecule has 0 unspecified atom stereocenters. The number of ether oxygens (including phenoxy) is 3. The lowest BCUT2D eigenvalue weighted by atomic mass is 10.0. The van der Waals surface area contributed by atoms with Crippen molar-refractivity contribution in [3.63, 3.8) is 0 Å². The fraction of sp³-hybridized carbons (Fsp3) is 0.308. The standard InChI is InChI=1S/C39H44N4O4/c1-27-28(2)43(18-10-17-42-21-19-41(3)20-22-42)35-16-15-33(26-34(27)35)47-32-14-9-13-30(23-32)39(44)40-31-24-36(45-4)38(37(25-31)46-5)29-11-7-6-8-12-29/h6-9,11-16,23-26H,10,17-22H2,1-5H3,(H,40,44). The average Bonchev–Trinajstić information content (AvgIpc) is 3.33. The van der Waals surface area contributed by atoms with E-state index in [1.54, 1.807) is 38.5 Å². The summed E-state index contributed by atoms with van der Waals surface area (Å²) >= 11 is 0. The van der Waals surface area contributed by atoms with Crippen molar-refractivity contribution in [1.82, 2.24) is 14.4 Å². The molecule has 0 spiro atoms. The number of carbonyl (C=O) groups excluding carboxylic acids is 1. The van der Waals surface area contributed by atoms with Gasteiger partial charge in [-0.05, 0) is 81.4 Å². The molecule has 1 aliphatic rings. The van der Waals surface area contributed by atoms with Crippen molar-refractivity contribution < 1.29 is 19.0 Å². The number of carbonyl (C=O) groups is 1. The SMILES string of the molecule is COc1cc(NC(=O)c2cccc(Oc3ccc4c(c3)c(C)c(C)n4CCCN3CCN(C)CC3)c2)cc(OC)c1-c1ccccc1. The van der Waals surface area contributed by atoms with Gasteiger partial charge in [0.2, 0.25) is 0 Å². The summed E-state index contributed by atoms with van der Waals surface area (Å²) in [4.78, 5) is 18.3. The minimum absolute atomic E-state index is 0.261.